The molecular formula is C15H17N3O3. The van der Waals surface area contributed by atoms with E-state index in [1.165, 1.54) is 0 Å². The highest BCUT2D eigenvalue weighted by Crippen LogP contribution is 2.36. The number of ether oxygens (including phenoxy) is 1. The van der Waals surface area contributed by atoms with Crippen molar-refractivity contribution in [3.05, 3.63) is 52.6 Å². The van der Waals surface area contributed by atoms with Crippen molar-refractivity contribution in [3.8, 4) is 5.75 Å². The summed E-state index contributed by atoms with van der Waals surface area (Å²) in [5, 5.41) is 14.3. The van der Waals surface area contributed by atoms with Crippen molar-refractivity contribution in [2.45, 2.75) is 13.3 Å². The van der Waals surface area contributed by atoms with Crippen LogP contribution in [0.15, 0.2) is 42.5 Å². The van der Waals surface area contributed by atoms with Crippen molar-refractivity contribution >= 4 is 22.7 Å². The molecule has 0 radical (unpaired) electrons. The number of hydrogen-bond acceptors (Lipinski definition) is 5. The van der Waals surface area contributed by atoms with Crippen LogP contribution in [0.5, 0.6) is 5.75 Å². The lowest BCUT2D eigenvalue weighted by Gasteiger charge is -2.11. The topological polar surface area (TPSA) is 90.4 Å². The molecule has 0 atom stereocenters. The minimum atomic E-state index is -0.440. The first-order valence-electron chi connectivity index (χ1n) is 6.64. The minimum Gasteiger partial charge on any atom is -0.487 e. The van der Waals surface area contributed by atoms with Crippen LogP contribution in [0.2, 0.25) is 0 Å². The predicted octanol–water partition coefficient (Wildman–Crippen LogP) is 3.71. The third-order valence-electron chi connectivity index (χ3n) is 2.83. The average molecular weight is 287 g/mol. The van der Waals surface area contributed by atoms with Crippen LogP contribution in [-0.4, -0.2) is 11.5 Å². The molecule has 0 unspecified atom stereocenters. The molecule has 0 aliphatic carbocycles. The van der Waals surface area contributed by atoms with E-state index in [1.807, 2.05) is 6.92 Å². The highest BCUT2D eigenvalue weighted by Gasteiger charge is 2.21. The number of nitrogens with two attached hydrogens (primary N) is 1. The molecule has 0 saturated carbocycles. The summed E-state index contributed by atoms with van der Waals surface area (Å²) in [7, 11) is 0. The number of nitrogens with zero attached hydrogens (tertiary/aromatic N) is 1. The minimum absolute atomic E-state index is 0.0669. The van der Waals surface area contributed by atoms with Crippen molar-refractivity contribution in [1.29, 1.82) is 0 Å². The number of nitro groups is 1. The number of nitrogen functional groups attached to an aromatic ring is 1. The van der Waals surface area contributed by atoms with Crippen LogP contribution in [0.4, 0.5) is 22.7 Å². The number of para-hydroxylation sites is 1. The van der Waals surface area contributed by atoms with E-state index in [1.54, 1.807) is 42.5 Å². The summed E-state index contributed by atoms with van der Waals surface area (Å²) in [4.78, 5) is 10.9. The maximum absolute atomic E-state index is 11.3. The largest absolute Gasteiger partial charge is 0.487 e. The van der Waals surface area contributed by atoms with Gasteiger partial charge >= 0.3 is 5.69 Å². The maximum Gasteiger partial charge on any atom is 0.334 e. The van der Waals surface area contributed by atoms with Crippen molar-refractivity contribution in [2.75, 3.05) is 17.7 Å². The number of hydrogen-bond donors (Lipinski definition) is 2. The zero-order chi connectivity index (χ0) is 15.2. The van der Waals surface area contributed by atoms with E-state index in [0.717, 1.165) is 12.1 Å². The van der Waals surface area contributed by atoms with Crippen LogP contribution in [0, 0.1) is 10.1 Å². The highest BCUT2D eigenvalue weighted by atomic mass is 16.6. The second-order valence-corrected chi connectivity index (χ2v) is 4.50. The Hall–Kier alpha value is -2.76. The van der Waals surface area contributed by atoms with Crippen LogP contribution in [0.25, 0.3) is 0 Å². The van der Waals surface area contributed by atoms with Crippen LogP contribution in [0.1, 0.15) is 13.3 Å². The lowest BCUT2D eigenvalue weighted by molar-refractivity contribution is -0.384. The summed E-state index contributed by atoms with van der Waals surface area (Å²) >= 11 is 0. The molecule has 0 fully saturated rings. The van der Waals surface area contributed by atoms with Gasteiger partial charge in [-0.2, -0.15) is 0 Å². The van der Waals surface area contributed by atoms with Crippen molar-refractivity contribution in [2.24, 2.45) is 0 Å². The zero-order valence-corrected chi connectivity index (χ0v) is 11.7. The highest BCUT2D eigenvalue weighted by molar-refractivity contribution is 5.74. The quantitative estimate of drug-likeness (QED) is 0.480. The molecule has 0 heterocycles. The second-order valence-electron chi connectivity index (χ2n) is 4.50. The van der Waals surface area contributed by atoms with Gasteiger partial charge in [0.15, 0.2) is 5.75 Å². The number of rotatable bonds is 6. The average Bonchev–Trinajstić information content (AvgIpc) is 2.47. The van der Waals surface area contributed by atoms with Gasteiger partial charge in [-0.25, -0.2) is 0 Å². The van der Waals surface area contributed by atoms with E-state index in [-0.39, 0.29) is 11.4 Å². The molecule has 0 aromatic heterocycles. The molecule has 6 heteroatoms. The molecule has 110 valence electrons. The van der Waals surface area contributed by atoms with Gasteiger partial charge in [0.05, 0.1) is 11.5 Å². The number of anilines is 3. The van der Waals surface area contributed by atoms with Gasteiger partial charge in [-0.15, -0.1) is 0 Å². The molecule has 2 aromatic carbocycles. The molecule has 2 aromatic rings. The normalized spacial score (nSPS) is 10.1. The summed E-state index contributed by atoms with van der Waals surface area (Å²) < 4.78 is 5.44. The lowest BCUT2D eigenvalue weighted by atomic mass is 10.2. The fourth-order valence-corrected chi connectivity index (χ4v) is 1.86. The van der Waals surface area contributed by atoms with Gasteiger partial charge in [0, 0.05) is 11.4 Å². The van der Waals surface area contributed by atoms with Crippen LogP contribution >= 0.6 is 0 Å². The first-order valence-corrected chi connectivity index (χ1v) is 6.64. The summed E-state index contributed by atoms with van der Waals surface area (Å²) in [6.07, 6.45) is 0.784. The SMILES string of the molecule is CCCOc1cccc(Nc2ccc(N)cc2)c1[N+](=O)[O-]. The van der Waals surface area contributed by atoms with Gasteiger partial charge in [0.2, 0.25) is 0 Å². The molecule has 0 saturated heterocycles. The zero-order valence-electron chi connectivity index (χ0n) is 11.7. The molecule has 2 rings (SSSR count). The number of nitro benzene ring substituents is 1. The van der Waals surface area contributed by atoms with Gasteiger partial charge in [-0.3, -0.25) is 10.1 Å². The number of benzene rings is 2. The van der Waals surface area contributed by atoms with Crippen LogP contribution in [0.3, 0.4) is 0 Å². The van der Waals surface area contributed by atoms with Gasteiger partial charge < -0.3 is 15.8 Å². The van der Waals surface area contributed by atoms with E-state index in [0.29, 0.717) is 18.0 Å². The van der Waals surface area contributed by atoms with E-state index < -0.39 is 4.92 Å². The first-order chi connectivity index (χ1) is 10.1. The Balaban J connectivity index is 2.33. The van der Waals surface area contributed by atoms with Gasteiger partial charge in [0.1, 0.15) is 5.69 Å². The molecule has 0 aliphatic rings. The van der Waals surface area contributed by atoms with E-state index in [4.69, 9.17) is 10.5 Å². The van der Waals surface area contributed by atoms with Crippen LogP contribution in [-0.2, 0) is 0 Å². The summed E-state index contributed by atoms with van der Waals surface area (Å²) in [6.45, 7) is 2.38. The van der Waals surface area contributed by atoms with E-state index in [9.17, 15) is 10.1 Å². The summed E-state index contributed by atoms with van der Waals surface area (Å²) in [6, 6.07) is 11.9. The predicted molar refractivity (Wildman–Crippen MR) is 83.0 cm³/mol. The maximum atomic E-state index is 11.3. The van der Waals surface area contributed by atoms with Gasteiger partial charge in [0.25, 0.3) is 0 Å². The molecule has 3 N–H and O–H groups in total. The van der Waals surface area contributed by atoms with Gasteiger partial charge in [-0.05, 0) is 42.8 Å². The first kappa shape index (κ1) is 14.6. The monoisotopic (exact) mass is 287 g/mol. The Bertz CT molecular complexity index is 627. The Morgan fingerprint density at radius 1 is 1.24 bits per heavy atom. The van der Waals surface area contributed by atoms with Crippen molar-refractivity contribution in [1.82, 2.24) is 0 Å². The molecule has 0 aliphatic heterocycles. The molecule has 21 heavy (non-hydrogen) atoms. The van der Waals surface area contributed by atoms with E-state index >= 15 is 0 Å². The van der Waals surface area contributed by atoms with Crippen molar-refractivity contribution < 1.29 is 9.66 Å². The third-order valence-corrected chi connectivity index (χ3v) is 2.83. The summed E-state index contributed by atoms with van der Waals surface area (Å²) in [5.74, 6) is 0.266. The molecule has 0 spiro atoms. The fourth-order valence-electron chi connectivity index (χ4n) is 1.86. The molecule has 6 nitrogen and oxygen atoms in total. The third kappa shape index (κ3) is 3.62. The molecule has 0 amide bonds. The molecule has 0 bridgehead atoms. The van der Waals surface area contributed by atoms with Gasteiger partial charge in [-0.1, -0.05) is 13.0 Å². The van der Waals surface area contributed by atoms with Crippen LogP contribution < -0.4 is 15.8 Å². The smallest absolute Gasteiger partial charge is 0.334 e. The number of nitrogens with one attached hydrogen (secondary N) is 1. The fraction of sp³-hybridized carbons (Fsp3) is 0.200. The second kappa shape index (κ2) is 6.60. The lowest BCUT2D eigenvalue weighted by Crippen LogP contribution is -2.02. The Morgan fingerprint density at radius 3 is 2.57 bits per heavy atom. The van der Waals surface area contributed by atoms with E-state index in [2.05, 4.69) is 5.32 Å². The Labute approximate surface area is 122 Å². The van der Waals surface area contributed by atoms with Crippen molar-refractivity contribution in [3.63, 3.8) is 0 Å². The Kier molecular flexibility index (Phi) is 4.61. The Morgan fingerprint density at radius 2 is 1.95 bits per heavy atom. The molecular weight excluding hydrogens is 270 g/mol. The standard InChI is InChI=1S/C15H17N3O3/c1-2-10-21-14-5-3-4-13(15(14)18(19)20)17-12-8-6-11(16)7-9-12/h3-9,17H,2,10,16H2,1H3. The summed E-state index contributed by atoms with van der Waals surface area (Å²) in [5.41, 5.74) is 7.30.